The van der Waals surface area contributed by atoms with Gasteiger partial charge in [0.15, 0.2) is 11.5 Å². The fourth-order valence-corrected chi connectivity index (χ4v) is 3.47. The van der Waals surface area contributed by atoms with E-state index in [2.05, 4.69) is 9.59 Å². The molecule has 0 fully saturated rings. The Hall–Kier alpha value is -2.48. The highest BCUT2D eigenvalue weighted by atomic mass is 32.1. The molecule has 1 aliphatic heterocycles. The Morgan fingerprint density at radius 1 is 1.36 bits per heavy atom. The molecule has 0 atom stereocenters. The van der Waals surface area contributed by atoms with E-state index in [1.54, 1.807) is 12.0 Å². The van der Waals surface area contributed by atoms with E-state index in [0.29, 0.717) is 23.5 Å². The molecule has 7 nitrogen and oxygen atoms in total. The molecule has 3 rings (SSSR count). The number of fused-ring (bicyclic) bond motifs is 1. The van der Waals surface area contributed by atoms with Crippen molar-refractivity contribution in [2.75, 3.05) is 25.2 Å². The fraction of sp³-hybridized carbons (Fsp3) is 0.412. The van der Waals surface area contributed by atoms with Gasteiger partial charge in [0.25, 0.3) is 5.91 Å². The first kappa shape index (κ1) is 17.3. The number of anilines is 1. The van der Waals surface area contributed by atoms with E-state index in [9.17, 15) is 9.59 Å². The van der Waals surface area contributed by atoms with Gasteiger partial charge in [-0.3, -0.25) is 4.79 Å². The van der Waals surface area contributed by atoms with Crippen LogP contribution in [0.25, 0.3) is 0 Å². The molecular formula is C17H19N3O4S. The van der Waals surface area contributed by atoms with Crippen molar-refractivity contribution in [2.45, 2.75) is 26.2 Å². The number of carbonyl (C=O) groups is 2. The van der Waals surface area contributed by atoms with Gasteiger partial charge >= 0.3 is 5.97 Å². The van der Waals surface area contributed by atoms with E-state index in [1.807, 2.05) is 25.1 Å². The normalized spacial score (nSPS) is 13.3. The zero-order valence-electron chi connectivity index (χ0n) is 14.2. The van der Waals surface area contributed by atoms with Crippen LogP contribution in [0.2, 0.25) is 0 Å². The van der Waals surface area contributed by atoms with E-state index in [0.717, 1.165) is 41.4 Å². The summed E-state index contributed by atoms with van der Waals surface area (Å²) in [7, 11) is 1.62. The van der Waals surface area contributed by atoms with Gasteiger partial charge in [0.1, 0.15) is 5.75 Å². The monoisotopic (exact) mass is 361 g/mol. The third-order valence-electron chi connectivity index (χ3n) is 4.11. The van der Waals surface area contributed by atoms with E-state index in [1.165, 1.54) is 0 Å². The van der Waals surface area contributed by atoms with Crippen LogP contribution in [-0.4, -0.2) is 41.7 Å². The van der Waals surface area contributed by atoms with Crippen LogP contribution in [-0.2, 0) is 22.4 Å². The van der Waals surface area contributed by atoms with Gasteiger partial charge in [-0.05, 0) is 54.6 Å². The Bertz CT molecular complexity index is 790. The molecule has 132 valence electrons. The lowest BCUT2D eigenvalue weighted by molar-refractivity contribution is -0.121. The zero-order valence-corrected chi connectivity index (χ0v) is 15.0. The third-order valence-corrected chi connectivity index (χ3v) is 4.86. The lowest BCUT2D eigenvalue weighted by atomic mass is 10.0. The third kappa shape index (κ3) is 3.63. The molecule has 0 saturated heterocycles. The predicted octanol–water partition coefficient (Wildman–Crippen LogP) is 2.25. The topological polar surface area (TPSA) is 81.6 Å². The second-order valence-corrected chi connectivity index (χ2v) is 6.38. The molecule has 8 heteroatoms. The van der Waals surface area contributed by atoms with Crippen LogP contribution in [0.4, 0.5) is 5.69 Å². The van der Waals surface area contributed by atoms with Crippen molar-refractivity contribution in [2.24, 2.45) is 0 Å². The molecule has 25 heavy (non-hydrogen) atoms. The minimum absolute atomic E-state index is 0.241. The van der Waals surface area contributed by atoms with Gasteiger partial charge < -0.3 is 14.4 Å². The van der Waals surface area contributed by atoms with Gasteiger partial charge in [0.2, 0.25) is 0 Å². The number of methoxy groups -OCH3 is 1. The van der Waals surface area contributed by atoms with Crippen molar-refractivity contribution in [3.8, 4) is 5.75 Å². The highest BCUT2D eigenvalue weighted by Crippen LogP contribution is 2.30. The average Bonchev–Trinajstić information content (AvgIpc) is 3.13. The van der Waals surface area contributed by atoms with Gasteiger partial charge in [-0.25, -0.2) is 4.79 Å². The van der Waals surface area contributed by atoms with Gasteiger partial charge in [0, 0.05) is 12.2 Å². The van der Waals surface area contributed by atoms with Gasteiger partial charge in [-0.2, -0.15) is 0 Å². The molecule has 0 aliphatic carbocycles. The minimum Gasteiger partial charge on any atom is -0.497 e. The second-order valence-electron chi connectivity index (χ2n) is 5.62. The molecule has 1 aromatic carbocycles. The number of ether oxygens (including phenoxy) is 2. The number of rotatable bonds is 5. The Morgan fingerprint density at radius 2 is 2.20 bits per heavy atom. The van der Waals surface area contributed by atoms with Gasteiger partial charge in [0.05, 0.1) is 12.8 Å². The molecule has 1 aliphatic rings. The Labute approximate surface area is 149 Å². The van der Waals surface area contributed by atoms with Crippen LogP contribution >= 0.6 is 11.5 Å². The first-order chi connectivity index (χ1) is 12.1. The smallest absolute Gasteiger partial charge is 0.352 e. The number of hydrogen-bond acceptors (Lipinski definition) is 7. The maximum absolute atomic E-state index is 12.5. The summed E-state index contributed by atoms with van der Waals surface area (Å²) < 4.78 is 14.2. The number of benzene rings is 1. The summed E-state index contributed by atoms with van der Waals surface area (Å²) in [5, 5.41) is 3.88. The molecule has 0 N–H and O–H groups in total. The quantitative estimate of drug-likeness (QED) is 0.760. The van der Waals surface area contributed by atoms with E-state index < -0.39 is 5.97 Å². The summed E-state index contributed by atoms with van der Waals surface area (Å²) in [5.74, 6) is -0.0218. The Kier molecular flexibility index (Phi) is 5.28. The molecule has 0 saturated carbocycles. The maximum atomic E-state index is 12.5. The highest BCUT2D eigenvalue weighted by molar-refractivity contribution is 7.07. The van der Waals surface area contributed by atoms with Crippen LogP contribution < -0.4 is 9.64 Å². The largest absolute Gasteiger partial charge is 0.497 e. The number of carbonyl (C=O) groups excluding carboxylic acids is 2. The Morgan fingerprint density at radius 3 is 2.96 bits per heavy atom. The van der Waals surface area contributed by atoms with E-state index >= 15 is 0 Å². The number of hydrogen-bond donors (Lipinski definition) is 0. The van der Waals surface area contributed by atoms with Crippen molar-refractivity contribution in [3.63, 3.8) is 0 Å². The van der Waals surface area contributed by atoms with Crippen molar-refractivity contribution in [1.29, 1.82) is 0 Å². The van der Waals surface area contributed by atoms with Crippen LogP contribution in [0.3, 0.4) is 0 Å². The van der Waals surface area contributed by atoms with Crippen molar-refractivity contribution in [1.82, 2.24) is 9.59 Å². The molecule has 1 amide bonds. The van der Waals surface area contributed by atoms with Crippen LogP contribution in [0.1, 0.15) is 34.3 Å². The number of amides is 1. The molecular weight excluding hydrogens is 342 g/mol. The predicted molar refractivity (Wildman–Crippen MR) is 93.2 cm³/mol. The number of esters is 1. The van der Waals surface area contributed by atoms with Crippen molar-refractivity contribution in [3.05, 3.63) is 34.3 Å². The van der Waals surface area contributed by atoms with E-state index in [4.69, 9.17) is 9.47 Å². The molecule has 0 radical (unpaired) electrons. The fourth-order valence-electron chi connectivity index (χ4n) is 2.83. The molecule has 2 heterocycles. The lowest BCUT2D eigenvalue weighted by Crippen LogP contribution is -2.38. The van der Waals surface area contributed by atoms with Gasteiger partial charge in [-0.15, -0.1) is 5.10 Å². The molecule has 1 aromatic heterocycles. The number of aryl methyl sites for hydroxylation is 2. The van der Waals surface area contributed by atoms with Crippen molar-refractivity contribution < 1.29 is 19.1 Å². The summed E-state index contributed by atoms with van der Waals surface area (Å²) in [6, 6.07) is 5.64. The summed E-state index contributed by atoms with van der Waals surface area (Å²) >= 11 is 0.988. The Balaban J connectivity index is 1.67. The van der Waals surface area contributed by atoms with Gasteiger partial charge in [-0.1, -0.05) is 11.4 Å². The molecule has 0 unspecified atom stereocenters. The summed E-state index contributed by atoms with van der Waals surface area (Å²) in [6.45, 7) is 2.20. The SMILES string of the molecule is CCc1nnsc1C(=O)OCC(=O)N1CCCc2cc(OC)ccc21. The highest BCUT2D eigenvalue weighted by Gasteiger charge is 2.25. The minimum atomic E-state index is -0.549. The molecule has 0 bridgehead atoms. The second kappa shape index (κ2) is 7.60. The first-order valence-electron chi connectivity index (χ1n) is 8.09. The number of aromatic nitrogens is 2. The molecule has 2 aromatic rings. The van der Waals surface area contributed by atoms with E-state index in [-0.39, 0.29) is 12.5 Å². The first-order valence-corrected chi connectivity index (χ1v) is 8.87. The van der Waals surface area contributed by atoms with Crippen molar-refractivity contribution >= 4 is 29.1 Å². The zero-order chi connectivity index (χ0) is 17.8. The summed E-state index contributed by atoms with van der Waals surface area (Å²) in [4.78, 5) is 26.7. The lowest BCUT2D eigenvalue weighted by Gasteiger charge is -2.29. The average molecular weight is 361 g/mol. The van der Waals surface area contributed by atoms with Crippen LogP contribution in [0, 0.1) is 0 Å². The summed E-state index contributed by atoms with van der Waals surface area (Å²) in [5.41, 5.74) is 2.50. The summed E-state index contributed by atoms with van der Waals surface area (Å²) in [6.07, 6.45) is 2.34. The van der Waals surface area contributed by atoms with Crippen LogP contribution in [0.5, 0.6) is 5.75 Å². The molecule has 0 spiro atoms. The maximum Gasteiger partial charge on any atom is 0.352 e. The standard InChI is InChI=1S/C17H19N3O4S/c1-3-13-16(25-19-18-13)17(22)24-10-15(21)20-8-4-5-11-9-12(23-2)6-7-14(11)20/h6-7,9H,3-5,8,10H2,1-2H3. The van der Waals surface area contributed by atoms with Crippen LogP contribution in [0.15, 0.2) is 18.2 Å². The number of nitrogens with zero attached hydrogens (tertiary/aromatic N) is 3.